The minimum atomic E-state index is -1.01. The topological polar surface area (TPSA) is 60.9 Å². The molecular formula is C10H20N2O3. The zero-order chi connectivity index (χ0) is 12.2. The molecule has 0 unspecified atom stereocenters. The maximum Gasteiger partial charge on any atom is 0.323 e. The molecule has 5 nitrogen and oxygen atoms in total. The first-order chi connectivity index (χ1) is 6.73. The molecule has 88 valence electrons. The fraction of sp³-hybridized carbons (Fsp3) is 0.800. The molecule has 0 aliphatic heterocycles. The Kier molecular flexibility index (Phi) is 4.74. The molecular weight excluding hydrogens is 196 g/mol. The highest BCUT2D eigenvalue weighted by atomic mass is 16.4. The molecule has 0 heterocycles. The van der Waals surface area contributed by atoms with Gasteiger partial charge in [0, 0.05) is 14.1 Å². The first-order valence-electron chi connectivity index (χ1n) is 4.92. The molecule has 0 bridgehead atoms. The van der Waals surface area contributed by atoms with Gasteiger partial charge in [0.25, 0.3) is 0 Å². The Morgan fingerprint density at radius 2 is 1.73 bits per heavy atom. The average Bonchev–Trinajstić information content (AvgIpc) is 2.12. The van der Waals surface area contributed by atoms with E-state index in [1.165, 1.54) is 4.90 Å². The van der Waals surface area contributed by atoms with Crippen LogP contribution in [-0.2, 0) is 9.59 Å². The Morgan fingerprint density at radius 1 is 1.27 bits per heavy atom. The summed E-state index contributed by atoms with van der Waals surface area (Å²) in [5.41, 5.74) is -1.01. The number of carbonyl (C=O) groups excluding carboxylic acids is 1. The molecule has 0 aromatic rings. The van der Waals surface area contributed by atoms with Crippen molar-refractivity contribution < 1.29 is 14.7 Å². The van der Waals surface area contributed by atoms with Crippen LogP contribution in [0.3, 0.4) is 0 Å². The summed E-state index contributed by atoms with van der Waals surface area (Å²) in [6, 6.07) is 0. The average molecular weight is 216 g/mol. The van der Waals surface area contributed by atoms with Crippen molar-refractivity contribution >= 4 is 11.9 Å². The monoisotopic (exact) mass is 216 g/mol. The van der Waals surface area contributed by atoms with Crippen molar-refractivity contribution in [3.63, 3.8) is 0 Å². The fourth-order valence-corrected chi connectivity index (χ4v) is 1.14. The van der Waals surface area contributed by atoms with Gasteiger partial charge in [0.05, 0.1) is 6.54 Å². The summed E-state index contributed by atoms with van der Waals surface area (Å²) in [6.45, 7) is 5.69. The zero-order valence-corrected chi connectivity index (χ0v) is 10.1. The summed E-state index contributed by atoms with van der Waals surface area (Å²) in [4.78, 5) is 25.6. The van der Waals surface area contributed by atoms with E-state index >= 15 is 0 Å². The lowest BCUT2D eigenvalue weighted by atomic mass is 10.0. The van der Waals surface area contributed by atoms with Crippen molar-refractivity contribution in [3.05, 3.63) is 0 Å². The Hall–Kier alpha value is -1.10. The van der Waals surface area contributed by atoms with Crippen LogP contribution < -0.4 is 0 Å². The van der Waals surface area contributed by atoms with E-state index in [-0.39, 0.29) is 12.5 Å². The maximum absolute atomic E-state index is 11.5. The Morgan fingerprint density at radius 3 is 2.00 bits per heavy atom. The van der Waals surface area contributed by atoms with Crippen molar-refractivity contribution in [2.24, 2.45) is 0 Å². The molecule has 0 aliphatic carbocycles. The maximum atomic E-state index is 11.5. The highest BCUT2D eigenvalue weighted by Crippen LogP contribution is 2.14. The predicted octanol–water partition coefficient (Wildman–Crippen LogP) is 0.260. The predicted molar refractivity (Wildman–Crippen MR) is 57.7 cm³/mol. The van der Waals surface area contributed by atoms with Gasteiger partial charge in [-0.15, -0.1) is 0 Å². The second-order valence-corrected chi connectivity index (χ2v) is 4.17. The number of amides is 1. The molecule has 1 amide bonds. The van der Waals surface area contributed by atoms with Crippen molar-refractivity contribution in [1.82, 2.24) is 9.80 Å². The highest BCUT2D eigenvalue weighted by molar-refractivity contribution is 5.81. The number of likely N-dealkylation sites (N-methyl/N-ethyl adjacent to an activating group) is 2. The van der Waals surface area contributed by atoms with Gasteiger partial charge in [-0.25, -0.2) is 0 Å². The molecule has 0 atom stereocenters. The third-order valence-corrected chi connectivity index (χ3v) is 2.52. The smallest absolute Gasteiger partial charge is 0.323 e. The lowest BCUT2D eigenvalue weighted by Gasteiger charge is -2.34. The number of rotatable bonds is 5. The molecule has 5 heteroatoms. The molecule has 0 saturated carbocycles. The van der Waals surface area contributed by atoms with Crippen LogP contribution in [0.5, 0.6) is 0 Å². The van der Waals surface area contributed by atoms with Crippen LogP contribution in [0.4, 0.5) is 0 Å². The first-order valence-corrected chi connectivity index (χ1v) is 4.92. The molecule has 15 heavy (non-hydrogen) atoms. The second kappa shape index (κ2) is 5.11. The van der Waals surface area contributed by atoms with E-state index in [9.17, 15) is 9.59 Å². The molecule has 0 aliphatic rings. The summed E-state index contributed by atoms with van der Waals surface area (Å²) in [5.74, 6) is -1.01. The normalized spacial score (nSPS) is 11.6. The van der Waals surface area contributed by atoms with Gasteiger partial charge >= 0.3 is 5.97 Å². The number of carbonyl (C=O) groups is 2. The number of hydrogen-bond acceptors (Lipinski definition) is 3. The van der Waals surface area contributed by atoms with Crippen LogP contribution in [0.2, 0.25) is 0 Å². The van der Waals surface area contributed by atoms with Gasteiger partial charge in [-0.05, 0) is 20.4 Å². The summed E-state index contributed by atoms with van der Waals surface area (Å²) in [5, 5.41) is 9.03. The van der Waals surface area contributed by atoms with Crippen LogP contribution in [0.1, 0.15) is 20.8 Å². The first kappa shape index (κ1) is 13.9. The number of carboxylic acid groups (broad SMARTS) is 1. The van der Waals surface area contributed by atoms with Gasteiger partial charge in [0.2, 0.25) is 5.91 Å². The summed E-state index contributed by atoms with van der Waals surface area (Å²) in [6.07, 6.45) is 0. The van der Waals surface area contributed by atoms with E-state index < -0.39 is 11.5 Å². The molecule has 0 spiro atoms. The Bertz CT molecular complexity index is 249. The van der Waals surface area contributed by atoms with Gasteiger partial charge in [-0.2, -0.15) is 0 Å². The van der Waals surface area contributed by atoms with E-state index in [4.69, 9.17) is 5.11 Å². The summed E-state index contributed by atoms with van der Waals surface area (Å²) >= 11 is 0. The number of carboxylic acids is 1. The number of aliphatic carboxylic acids is 1. The lowest BCUT2D eigenvalue weighted by Crippen LogP contribution is -2.53. The Labute approximate surface area is 90.7 Å². The van der Waals surface area contributed by atoms with Crippen molar-refractivity contribution in [2.75, 3.05) is 27.2 Å². The van der Waals surface area contributed by atoms with Gasteiger partial charge in [0.15, 0.2) is 0 Å². The van der Waals surface area contributed by atoms with Crippen molar-refractivity contribution in [2.45, 2.75) is 26.3 Å². The summed E-state index contributed by atoms with van der Waals surface area (Å²) in [7, 11) is 3.31. The molecule has 1 N–H and O–H groups in total. The van der Waals surface area contributed by atoms with Crippen LogP contribution >= 0.6 is 0 Å². The zero-order valence-electron chi connectivity index (χ0n) is 10.1. The molecule has 0 aromatic heterocycles. The minimum absolute atomic E-state index is 0.0915. The van der Waals surface area contributed by atoms with E-state index in [1.54, 1.807) is 32.8 Å². The van der Waals surface area contributed by atoms with Gasteiger partial charge in [0.1, 0.15) is 5.54 Å². The third kappa shape index (κ3) is 3.51. The van der Waals surface area contributed by atoms with Gasteiger partial charge in [-0.1, -0.05) is 6.92 Å². The number of hydrogen-bond donors (Lipinski definition) is 1. The minimum Gasteiger partial charge on any atom is -0.480 e. The molecule has 0 fully saturated rings. The lowest BCUT2D eigenvalue weighted by molar-refractivity contribution is -0.150. The van der Waals surface area contributed by atoms with E-state index in [0.29, 0.717) is 6.54 Å². The van der Waals surface area contributed by atoms with E-state index in [1.807, 2.05) is 6.92 Å². The second-order valence-electron chi connectivity index (χ2n) is 4.17. The fourth-order valence-electron chi connectivity index (χ4n) is 1.14. The van der Waals surface area contributed by atoms with Crippen LogP contribution in [0.25, 0.3) is 0 Å². The summed E-state index contributed by atoms with van der Waals surface area (Å²) < 4.78 is 0. The molecule has 0 saturated heterocycles. The molecule has 0 rings (SSSR count). The third-order valence-electron chi connectivity index (χ3n) is 2.52. The van der Waals surface area contributed by atoms with Gasteiger partial charge < -0.3 is 10.0 Å². The molecule has 0 radical (unpaired) electrons. The molecule has 0 aromatic carbocycles. The van der Waals surface area contributed by atoms with Crippen LogP contribution in [0, 0.1) is 0 Å². The standard InChI is InChI=1S/C10H20N2O3/c1-6-12(7-8(13)11(4)5)10(2,3)9(14)15/h6-7H2,1-5H3,(H,14,15). The van der Waals surface area contributed by atoms with Gasteiger partial charge in [-0.3, -0.25) is 14.5 Å². The van der Waals surface area contributed by atoms with Crippen LogP contribution in [0.15, 0.2) is 0 Å². The Balaban J connectivity index is 4.64. The highest BCUT2D eigenvalue weighted by Gasteiger charge is 2.34. The quantitative estimate of drug-likeness (QED) is 0.716. The SMILES string of the molecule is CCN(CC(=O)N(C)C)C(C)(C)C(=O)O. The van der Waals surface area contributed by atoms with Crippen LogP contribution in [-0.4, -0.2) is 59.5 Å². The largest absolute Gasteiger partial charge is 0.480 e. The van der Waals surface area contributed by atoms with Crippen molar-refractivity contribution in [3.8, 4) is 0 Å². The van der Waals surface area contributed by atoms with E-state index in [2.05, 4.69) is 0 Å². The number of nitrogens with zero attached hydrogens (tertiary/aromatic N) is 2. The van der Waals surface area contributed by atoms with E-state index in [0.717, 1.165) is 0 Å². The van der Waals surface area contributed by atoms with Crippen molar-refractivity contribution in [1.29, 1.82) is 0 Å².